The number of nitrogens with zero attached hydrogens (tertiary/aromatic N) is 2. The molecule has 3 heterocycles. The Balaban J connectivity index is 2.12. The molecule has 82 valence electrons. The van der Waals surface area contributed by atoms with Gasteiger partial charge in [-0.3, -0.25) is 0 Å². The minimum Gasteiger partial charge on any atom is -0.312 e. The van der Waals surface area contributed by atoms with Gasteiger partial charge < -0.3 is 5.32 Å². The summed E-state index contributed by atoms with van der Waals surface area (Å²) in [6, 6.07) is 4.08. The van der Waals surface area contributed by atoms with Gasteiger partial charge >= 0.3 is 0 Å². The van der Waals surface area contributed by atoms with Gasteiger partial charge in [0, 0.05) is 25.1 Å². The first-order valence-electron chi connectivity index (χ1n) is 5.14. The zero-order chi connectivity index (χ0) is 11.0. The summed E-state index contributed by atoms with van der Waals surface area (Å²) in [5, 5.41) is 5.38. The Bertz CT molecular complexity index is 510. The van der Waals surface area contributed by atoms with Crippen molar-refractivity contribution in [3.63, 3.8) is 0 Å². The second kappa shape index (κ2) is 4.24. The molecular weight excluding hydrogens is 286 g/mol. The summed E-state index contributed by atoms with van der Waals surface area (Å²) in [5.74, 6) is 0.836. The van der Waals surface area contributed by atoms with Crippen LogP contribution in [0.1, 0.15) is 11.3 Å². The number of thiophene rings is 1. The Labute approximate surface area is 106 Å². The molecule has 3 rings (SSSR count). The zero-order valence-corrected chi connectivity index (χ0v) is 10.9. The first kappa shape index (κ1) is 10.4. The SMILES string of the molecule is Brc1nc(-c2cccs2)nc2c1CNCC2. The van der Waals surface area contributed by atoms with Crippen molar-refractivity contribution in [3.8, 4) is 10.7 Å². The fraction of sp³-hybridized carbons (Fsp3) is 0.273. The molecule has 3 nitrogen and oxygen atoms in total. The van der Waals surface area contributed by atoms with Crippen LogP contribution in [-0.2, 0) is 13.0 Å². The average molecular weight is 296 g/mol. The lowest BCUT2D eigenvalue weighted by molar-refractivity contribution is 0.623. The summed E-state index contributed by atoms with van der Waals surface area (Å²) in [6.45, 7) is 1.86. The number of aromatic nitrogens is 2. The summed E-state index contributed by atoms with van der Waals surface area (Å²) in [5.41, 5.74) is 2.37. The third-order valence-corrected chi connectivity index (χ3v) is 4.15. The van der Waals surface area contributed by atoms with E-state index in [9.17, 15) is 0 Å². The summed E-state index contributed by atoms with van der Waals surface area (Å²) in [6.07, 6.45) is 0.981. The minimum atomic E-state index is 0.836. The standard InChI is InChI=1S/C11H10BrN3S/c12-10-7-6-13-4-3-8(7)14-11(15-10)9-2-1-5-16-9/h1-2,5,13H,3-4,6H2. The van der Waals surface area contributed by atoms with Gasteiger partial charge in [-0.1, -0.05) is 6.07 Å². The quantitative estimate of drug-likeness (QED) is 0.822. The van der Waals surface area contributed by atoms with E-state index in [1.165, 1.54) is 11.3 Å². The Morgan fingerprint density at radius 2 is 2.31 bits per heavy atom. The lowest BCUT2D eigenvalue weighted by Crippen LogP contribution is -2.25. The summed E-state index contributed by atoms with van der Waals surface area (Å²) in [7, 11) is 0. The molecule has 0 fully saturated rings. The molecule has 0 aliphatic carbocycles. The number of halogens is 1. The molecule has 1 aliphatic heterocycles. The van der Waals surface area contributed by atoms with Crippen LogP contribution in [0.15, 0.2) is 22.1 Å². The van der Waals surface area contributed by atoms with E-state index in [4.69, 9.17) is 0 Å². The highest BCUT2D eigenvalue weighted by Crippen LogP contribution is 2.27. The molecule has 0 saturated heterocycles. The Hall–Kier alpha value is -0.780. The summed E-state index contributed by atoms with van der Waals surface area (Å²) < 4.78 is 0.924. The number of hydrogen-bond acceptors (Lipinski definition) is 4. The Kier molecular flexibility index (Phi) is 2.75. The van der Waals surface area contributed by atoms with Crippen molar-refractivity contribution in [2.75, 3.05) is 6.54 Å². The molecule has 16 heavy (non-hydrogen) atoms. The van der Waals surface area contributed by atoms with Gasteiger partial charge in [-0.05, 0) is 27.4 Å². The molecule has 0 unspecified atom stereocenters. The largest absolute Gasteiger partial charge is 0.312 e. The maximum atomic E-state index is 4.65. The zero-order valence-electron chi connectivity index (χ0n) is 8.53. The normalized spacial score (nSPS) is 14.8. The van der Waals surface area contributed by atoms with Gasteiger partial charge in [0.1, 0.15) is 4.60 Å². The van der Waals surface area contributed by atoms with Crippen LogP contribution >= 0.6 is 27.3 Å². The van der Waals surface area contributed by atoms with E-state index in [1.807, 2.05) is 11.4 Å². The topological polar surface area (TPSA) is 37.8 Å². The predicted molar refractivity (Wildman–Crippen MR) is 68.5 cm³/mol. The monoisotopic (exact) mass is 295 g/mol. The van der Waals surface area contributed by atoms with Crippen molar-refractivity contribution in [1.82, 2.24) is 15.3 Å². The third-order valence-electron chi connectivity index (χ3n) is 2.62. The van der Waals surface area contributed by atoms with E-state index in [1.54, 1.807) is 11.3 Å². The van der Waals surface area contributed by atoms with Crippen LogP contribution in [-0.4, -0.2) is 16.5 Å². The molecule has 0 bridgehead atoms. The maximum Gasteiger partial charge on any atom is 0.170 e. The molecule has 0 aromatic carbocycles. The molecule has 0 radical (unpaired) electrons. The van der Waals surface area contributed by atoms with Gasteiger partial charge in [0.2, 0.25) is 0 Å². The minimum absolute atomic E-state index is 0.836. The number of hydrogen-bond donors (Lipinski definition) is 1. The fourth-order valence-electron chi connectivity index (χ4n) is 1.82. The van der Waals surface area contributed by atoms with Crippen LogP contribution in [0, 0.1) is 0 Å². The van der Waals surface area contributed by atoms with Gasteiger partial charge in [0.05, 0.1) is 10.6 Å². The van der Waals surface area contributed by atoms with Crippen molar-refractivity contribution in [2.45, 2.75) is 13.0 Å². The van der Waals surface area contributed by atoms with Crippen LogP contribution in [0.25, 0.3) is 10.7 Å². The molecule has 1 aliphatic rings. The van der Waals surface area contributed by atoms with E-state index in [2.05, 4.69) is 37.3 Å². The number of fused-ring (bicyclic) bond motifs is 1. The average Bonchev–Trinajstić information content (AvgIpc) is 2.82. The van der Waals surface area contributed by atoms with Crippen LogP contribution in [0.4, 0.5) is 0 Å². The van der Waals surface area contributed by atoms with Crippen LogP contribution in [0.5, 0.6) is 0 Å². The molecule has 2 aromatic rings. The smallest absolute Gasteiger partial charge is 0.170 e. The molecule has 1 N–H and O–H groups in total. The van der Waals surface area contributed by atoms with Crippen LogP contribution < -0.4 is 5.32 Å². The molecule has 0 amide bonds. The number of nitrogens with one attached hydrogen (secondary N) is 1. The maximum absolute atomic E-state index is 4.65. The highest BCUT2D eigenvalue weighted by atomic mass is 79.9. The lowest BCUT2D eigenvalue weighted by Gasteiger charge is -2.17. The fourth-order valence-corrected chi connectivity index (χ4v) is 3.01. The number of rotatable bonds is 1. The molecule has 2 aromatic heterocycles. The first-order chi connectivity index (χ1) is 7.84. The molecule has 0 spiro atoms. The van der Waals surface area contributed by atoms with E-state index in [0.29, 0.717) is 0 Å². The van der Waals surface area contributed by atoms with Crippen molar-refractivity contribution < 1.29 is 0 Å². The Morgan fingerprint density at radius 1 is 1.38 bits per heavy atom. The summed E-state index contributed by atoms with van der Waals surface area (Å²) >= 11 is 5.21. The van der Waals surface area contributed by atoms with Crippen molar-refractivity contribution in [1.29, 1.82) is 0 Å². The van der Waals surface area contributed by atoms with E-state index in [-0.39, 0.29) is 0 Å². The van der Waals surface area contributed by atoms with E-state index in [0.717, 1.165) is 34.8 Å². The van der Waals surface area contributed by atoms with Gasteiger partial charge in [0.15, 0.2) is 5.82 Å². The second-order valence-corrected chi connectivity index (χ2v) is 5.37. The van der Waals surface area contributed by atoms with Gasteiger partial charge in [-0.2, -0.15) is 0 Å². The molecule has 5 heteroatoms. The van der Waals surface area contributed by atoms with Gasteiger partial charge in [0.25, 0.3) is 0 Å². The Morgan fingerprint density at radius 3 is 3.12 bits per heavy atom. The molecule has 0 saturated carbocycles. The van der Waals surface area contributed by atoms with Crippen molar-refractivity contribution >= 4 is 27.3 Å². The highest BCUT2D eigenvalue weighted by Gasteiger charge is 2.16. The third kappa shape index (κ3) is 1.79. The predicted octanol–water partition coefficient (Wildman–Crippen LogP) is 2.61. The highest BCUT2D eigenvalue weighted by molar-refractivity contribution is 9.10. The van der Waals surface area contributed by atoms with Crippen molar-refractivity contribution in [3.05, 3.63) is 33.4 Å². The van der Waals surface area contributed by atoms with Gasteiger partial charge in [-0.15, -0.1) is 11.3 Å². The molecular formula is C11H10BrN3S. The second-order valence-electron chi connectivity index (χ2n) is 3.67. The van der Waals surface area contributed by atoms with E-state index >= 15 is 0 Å². The van der Waals surface area contributed by atoms with Crippen LogP contribution in [0.3, 0.4) is 0 Å². The summed E-state index contributed by atoms with van der Waals surface area (Å²) in [4.78, 5) is 10.3. The molecule has 0 atom stereocenters. The first-order valence-corrected chi connectivity index (χ1v) is 6.82. The van der Waals surface area contributed by atoms with Gasteiger partial charge in [-0.25, -0.2) is 9.97 Å². The van der Waals surface area contributed by atoms with Crippen LogP contribution in [0.2, 0.25) is 0 Å². The van der Waals surface area contributed by atoms with Crippen molar-refractivity contribution in [2.24, 2.45) is 0 Å². The van der Waals surface area contributed by atoms with E-state index < -0.39 is 0 Å². The lowest BCUT2D eigenvalue weighted by atomic mass is 10.1.